The summed E-state index contributed by atoms with van der Waals surface area (Å²) in [5.74, 6) is 0.414. The molecule has 0 fully saturated rings. The lowest BCUT2D eigenvalue weighted by atomic mass is 10.1. The molecule has 2 aromatic heterocycles. The number of para-hydroxylation sites is 1. The standard InChI is InChI=1S/C21H23N3OS2/c1-5-17-15-10-14(11-19-22-16-8-6-7-9-18(16)27-19)26-20(15)24(12-13(2)3)21(25)23(17)4/h5-10,13H,11-12H2,1-4H3/b17-5+. The number of thiophene rings is 1. The number of rotatable bonds is 4. The normalized spacial score (nSPS) is 16.0. The summed E-state index contributed by atoms with van der Waals surface area (Å²) in [5, 5.41) is 2.18. The SMILES string of the molecule is C/C=C1\c2cc(Cc3nc4ccccc4s3)sc2N(CC(C)C)C(=O)N1C. The van der Waals surface area contributed by atoms with Gasteiger partial charge in [0.1, 0.15) is 5.00 Å². The highest BCUT2D eigenvalue weighted by Gasteiger charge is 2.33. The molecule has 0 saturated heterocycles. The molecule has 1 aromatic carbocycles. The van der Waals surface area contributed by atoms with Crippen molar-refractivity contribution in [2.75, 3.05) is 18.5 Å². The van der Waals surface area contributed by atoms with Crippen molar-refractivity contribution in [3.8, 4) is 0 Å². The first-order chi connectivity index (χ1) is 13.0. The Morgan fingerprint density at radius 3 is 2.70 bits per heavy atom. The number of allylic oxidation sites excluding steroid dienone is 1. The second-order valence-corrected chi connectivity index (χ2v) is 9.43. The van der Waals surface area contributed by atoms with Crippen LogP contribution in [0.4, 0.5) is 9.80 Å². The fourth-order valence-electron chi connectivity index (χ4n) is 3.47. The molecule has 140 valence electrons. The van der Waals surface area contributed by atoms with Gasteiger partial charge in [-0.1, -0.05) is 32.1 Å². The largest absolute Gasteiger partial charge is 0.329 e. The van der Waals surface area contributed by atoms with E-state index in [9.17, 15) is 4.79 Å². The van der Waals surface area contributed by atoms with Crippen LogP contribution >= 0.6 is 22.7 Å². The van der Waals surface area contributed by atoms with E-state index in [2.05, 4.69) is 38.1 Å². The zero-order chi connectivity index (χ0) is 19.1. The van der Waals surface area contributed by atoms with Crippen molar-refractivity contribution in [1.29, 1.82) is 0 Å². The number of anilines is 1. The van der Waals surface area contributed by atoms with Gasteiger partial charge < -0.3 is 0 Å². The fraction of sp³-hybridized carbons (Fsp3) is 0.333. The highest BCUT2D eigenvalue weighted by molar-refractivity contribution is 7.19. The lowest BCUT2D eigenvalue weighted by molar-refractivity contribution is 0.228. The molecule has 1 aliphatic rings. The number of amides is 2. The Labute approximate surface area is 167 Å². The molecule has 27 heavy (non-hydrogen) atoms. The van der Waals surface area contributed by atoms with Crippen LogP contribution in [0.5, 0.6) is 0 Å². The Hall–Kier alpha value is -2.18. The highest BCUT2D eigenvalue weighted by Crippen LogP contribution is 2.43. The number of hydrogen-bond donors (Lipinski definition) is 0. The van der Waals surface area contributed by atoms with E-state index < -0.39 is 0 Å². The van der Waals surface area contributed by atoms with E-state index >= 15 is 0 Å². The minimum absolute atomic E-state index is 0.0534. The molecule has 2 amide bonds. The van der Waals surface area contributed by atoms with E-state index in [1.54, 1.807) is 27.6 Å². The number of carbonyl (C=O) groups is 1. The predicted molar refractivity (Wildman–Crippen MR) is 116 cm³/mol. The minimum atomic E-state index is 0.0534. The lowest BCUT2D eigenvalue weighted by Gasteiger charge is -2.35. The van der Waals surface area contributed by atoms with Crippen molar-refractivity contribution < 1.29 is 4.79 Å². The number of carbonyl (C=O) groups excluding carboxylic acids is 1. The molecule has 0 spiro atoms. The first-order valence-electron chi connectivity index (χ1n) is 9.17. The number of hydrogen-bond acceptors (Lipinski definition) is 4. The van der Waals surface area contributed by atoms with Crippen LogP contribution in [0.2, 0.25) is 0 Å². The number of benzene rings is 1. The quantitative estimate of drug-likeness (QED) is 0.555. The van der Waals surface area contributed by atoms with E-state index in [0.29, 0.717) is 5.92 Å². The molecule has 3 heterocycles. The van der Waals surface area contributed by atoms with Gasteiger partial charge in [0, 0.05) is 30.5 Å². The van der Waals surface area contributed by atoms with E-state index in [4.69, 9.17) is 4.98 Å². The van der Waals surface area contributed by atoms with E-state index in [-0.39, 0.29) is 6.03 Å². The average Bonchev–Trinajstić information content (AvgIpc) is 3.22. The van der Waals surface area contributed by atoms with Crippen LogP contribution in [0.1, 0.15) is 36.2 Å². The summed E-state index contributed by atoms with van der Waals surface area (Å²) in [4.78, 5) is 22.6. The van der Waals surface area contributed by atoms with Gasteiger partial charge in [-0.15, -0.1) is 22.7 Å². The molecule has 6 heteroatoms. The monoisotopic (exact) mass is 397 g/mol. The molecule has 0 saturated carbocycles. The smallest absolute Gasteiger partial charge is 0.297 e. The number of thiazole rings is 1. The van der Waals surface area contributed by atoms with E-state index in [0.717, 1.165) is 39.8 Å². The van der Waals surface area contributed by atoms with Gasteiger partial charge in [0.25, 0.3) is 0 Å². The van der Waals surface area contributed by atoms with Crippen molar-refractivity contribution in [1.82, 2.24) is 9.88 Å². The Balaban J connectivity index is 1.72. The highest BCUT2D eigenvalue weighted by atomic mass is 32.1. The number of nitrogens with zero attached hydrogens (tertiary/aromatic N) is 3. The van der Waals surface area contributed by atoms with E-state index in [1.165, 1.54) is 9.58 Å². The molecule has 0 bridgehead atoms. The molecule has 1 aliphatic heterocycles. The number of urea groups is 1. The maximum Gasteiger partial charge on any atom is 0.329 e. The lowest BCUT2D eigenvalue weighted by Crippen LogP contribution is -2.45. The van der Waals surface area contributed by atoms with Crippen molar-refractivity contribution in [3.63, 3.8) is 0 Å². The Kier molecular flexibility index (Phi) is 4.78. The van der Waals surface area contributed by atoms with Crippen LogP contribution < -0.4 is 4.90 Å². The van der Waals surface area contributed by atoms with Gasteiger partial charge in [-0.05, 0) is 31.0 Å². The fourth-order valence-corrected chi connectivity index (χ4v) is 5.73. The maximum atomic E-state index is 12.9. The van der Waals surface area contributed by atoms with Crippen molar-refractivity contribution in [3.05, 3.63) is 51.9 Å². The van der Waals surface area contributed by atoms with Gasteiger partial charge in [-0.25, -0.2) is 9.78 Å². The molecular weight excluding hydrogens is 374 g/mol. The van der Waals surface area contributed by atoms with Gasteiger partial charge in [-0.2, -0.15) is 0 Å². The number of aromatic nitrogens is 1. The second kappa shape index (κ2) is 7.09. The summed E-state index contributed by atoms with van der Waals surface area (Å²) in [6.45, 7) is 7.02. The zero-order valence-electron chi connectivity index (χ0n) is 16.0. The van der Waals surface area contributed by atoms with Crippen LogP contribution in [0, 0.1) is 5.92 Å². The van der Waals surface area contributed by atoms with Gasteiger partial charge in [-0.3, -0.25) is 9.80 Å². The molecule has 3 aromatic rings. The van der Waals surface area contributed by atoms with Gasteiger partial charge in [0.2, 0.25) is 0 Å². The summed E-state index contributed by atoms with van der Waals surface area (Å²) < 4.78 is 1.22. The third kappa shape index (κ3) is 3.28. The van der Waals surface area contributed by atoms with Crippen LogP contribution in [-0.2, 0) is 6.42 Å². The predicted octanol–water partition coefficient (Wildman–Crippen LogP) is 5.84. The minimum Gasteiger partial charge on any atom is -0.297 e. The molecule has 0 aliphatic carbocycles. The van der Waals surface area contributed by atoms with Crippen LogP contribution in [0.15, 0.2) is 36.4 Å². The molecule has 4 nitrogen and oxygen atoms in total. The molecule has 0 N–H and O–H groups in total. The average molecular weight is 398 g/mol. The topological polar surface area (TPSA) is 36.4 Å². The zero-order valence-corrected chi connectivity index (χ0v) is 17.7. The van der Waals surface area contributed by atoms with Crippen LogP contribution in [0.3, 0.4) is 0 Å². The van der Waals surface area contributed by atoms with Crippen molar-refractivity contribution in [2.45, 2.75) is 27.2 Å². The van der Waals surface area contributed by atoms with Crippen molar-refractivity contribution in [2.24, 2.45) is 5.92 Å². The molecule has 0 atom stereocenters. The summed E-state index contributed by atoms with van der Waals surface area (Å²) in [7, 11) is 1.86. The first-order valence-corrected chi connectivity index (χ1v) is 10.8. The number of fused-ring (bicyclic) bond motifs is 2. The molecule has 0 unspecified atom stereocenters. The maximum absolute atomic E-state index is 12.9. The molecule has 0 radical (unpaired) electrons. The summed E-state index contributed by atoms with van der Waals surface area (Å²) in [5.41, 5.74) is 3.20. The molecular formula is C21H23N3OS2. The summed E-state index contributed by atoms with van der Waals surface area (Å²) >= 11 is 3.47. The Morgan fingerprint density at radius 1 is 1.22 bits per heavy atom. The van der Waals surface area contributed by atoms with E-state index in [1.807, 2.05) is 31.0 Å². The second-order valence-electron chi connectivity index (χ2n) is 7.20. The Bertz CT molecular complexity index is 998. The summed E-state index contributed by atoms with van der Waals surface area (Å²) in [6.07, 6.45) is 2.83. The molecule has 4 rings (SSSR count). The first kappa shape index (κ1) is 18.2. The van der Waals surface area contributed by atoms with Crippen molar-refractivity contribution >= 4 is 49.6 Å². The summed E-state index contributed by atoms with van der Waals surface area (Å²) in [6, 6.07) is 10.5. The third-order valence-corrected chi connectivity index (χ3v) is 6.84. The van der Waals surface area contributed by atoms with Crippen LogP contribution in [-0.4, -0.2) is 29.5 Å². The van der Waals surface area contributed by atoms with Gasteiger partial charge in [0.05, 0.1) is 20.9 Å². The van der Waals surface area contributed by atoms with Gasteiger partial charge >= 0.3 is 6.03 Å². The Morgan fingerprint density at radius 2 is 2.00 bits per heavy atom. The third-order valence-electron chi connectivity index (χ3n) is 4.65. The van der Waals surface area contributed by atoms with Gasteiger partial charge in [0.15, 0.2) is 0 Å². The van der Waals surface area contributed by atoms with Crippen LogP contribution in [0.25, 0.3) is 15.9 Å².